The average molecular weight is 364 g/mol. The molecule has 3 aromatic rings. The molecule has 1 heterocycles. The van der Waals surface area contributed by atoms with Crippen molar-refractivity contribution < 1.29 is 9.59 Å². The number of aromatic nitrogens is 3. The molecular formula is C19H16N4O2S. The Morgan fingerprint density at radius 3 is 2.42 bits per heavy atom. The van der Waals surface area contributed by atoms with Crippen LogP contribution in [0.15, 0.2) is 65.8 Å². The lowest BCUT2D eigenvalue weighted by Crippen LogP contribution is -2.31. The van der Waals surface area contributed by atoms with Gasteiger partial charge in [0.2, 0.25) is 11.1 Å². The lowest BCUT2D eigenvalue weighted by Gasteiger charge is -2.02. The van der Waals surface area contributed by atoms with E-state index in [2.05, 4.69) is 20.5 Å². The predicted octanol–water partition coefficient (Wildman–Crippen LogP) is 3.02. The second kappa shape index (κ2) is 8.77. The van der Waals surface area contributed by atoms with Crippen molar-refractivity contribution in [2.45, 2.75) is 5.16 Å². The molecule has 0 atom stereocenters. The standard InChI is InChI=1S/C19H16N4O2S/c24-17(21-18(25)15-9-5-2-6-10-15)13-26-19-20-16(22-23-19)12-11-14-7-3-1-4-8-14/h1-12H,13H2,(H,20,22,23)(H,21,24,25)/b12-11+. The molecule has 2 N–H and O–H groups in total. The Balaban J connectivity index is 1.49. The number of nitrogens with one attached hydrogen (secondary N) is 2. The number of nitrogens with zero attached hydrogens (tertiary/aromatic N) is 2. The first-order chi connectivity index (χ1) is 12.7. The number of carbonyl (C=O) groups is 2. The highest BCUT2D eigenvalue weighted by Crippen LogP contribution is 2.13. The van der Waals surface area contributed by atoms with E-state index in [4.69, 9.17) is 0 Å². The quantitative estimate of drug-likeness (QED) is 0.657. The molecule has 1 aromatic heterocycles. The van der Waals surface area contributed by atoms with Crippen LogP contribution in [-0.4, -0.2) is 32.7 Å². The summed E-state index contributed by atoms with van der Waals surface area (Å²) in [5.74, 6) is -0.164. The maximum atomic E-state index is 11.9. The van der Waals surface area contributed by atoms with Crippen molar-refractivity contribution in [1.29, 1.82) is 0 Å². The maximum absolute atomic E-state index is 11.9. The number of rotatable bonds is 6. The van der Waals surface area contributed by atoms with Gasteiger partial charge < -0.3 is 0 Å². The summed E-state index contributed by atoms with van der Waals surface area (Å²) in [6, 6.07) is 18.4. The molecule has 0 spiro atoms. The van der Waals surface area contributed by atoms with Crippen LogP contribution >= 0.6 is 11.8 Å². The van der Waals surface area contributed by atoms with E-state index in [1.54, 1.807) is 24.3 Å². The van der Waals surface area contributed by atoms with Gasteiger partial charge in [-0.2, -0.15) is 0 Å². The van der Waals surface area contributed by atoms with Crippen molar-refractivity contribution in [1.82, 2.24) is 20.5 Å². The number of hydrogen-bond acceptors (Lipinski definition) is 5. The molecule has 0 radical (unpaired) electrons. The molecule has 0 aliphatic carbocycles. The van der Waals surface area contributed by atoms with Gasteiger partial charge in [0.25, 0.3) is 5.91 Å². The summed E-state index contributed by atoms with van der Waals surface area (Å²) in [7, 11) is 0. The Hall–Kier alpha value is -3.19. The minimum Gasteiger partial charge on any atom is -0.292 e. The Kier molecular flexibility index (Phi) is 5.95. The third-order valence-electron chi connectivity index (χ3n) is 3.34. The number of aromatic amines is 1. The minimum atomic E-state index is -0.419. The number of H-pyrrole nitrogens is 1. The Labute approximate surface area is 154 Å². The van der Waals surface area contributed by atoms with Crippen LogP contribution in [0.2, 0.25) is 0 Å². The van der Waals surface area contributed by atoms with Crippen LogP contribution in [0.3, 0.4) is 0 Å². The van der Waals surface area contributed by atoms with Crippen molar-refractivity contribution in [3.8, 4) is 0 Å². The number of benzene rings is 2. The number of amides is 2. The lowest BCUT2D eigenvalue weighted by atomic mass is 10.2. The van der Waals surface area contributed by atoms with Crippen LogP contribution in [0.25, 0.3) is 12.2 Å². The highest BCUT2D eigenvalue weighted by atomic mass is 32.2. The molecular weight excluding hydrogens is 348 g/mol. The van der Waals surface area contributed by atoms with Crippen molar-refractivity contribution in [3.63, 3.8) is 0 Å². The van der Waals surface area contributed by atoms with Gasteiger partial charge in [-0.1, -0.05) is 66.4 Å². The van der Waals surface area contributed by atoms with Gasteiger partial charge in [-0.05, 0) is 23.8 Å². The highest BCUT2D eigenvalue weighted by Gasteiger charge is 2.11. The summed E-state index contributed by atoms with van der Waals surface area (Å²) in [6.45, 7) is 0. The number of imide groups is 1. The predicted molar refractivity (Wildman–Crippen MR) is 101 cm³/mol. The molecule has 0 saturated carbocycles. The number of carbonyl (C=O) groups excluding carboxylic acids is 2. The van der Waals surface area contributed by atoms with E-state index < -0.39 is 11.8 Å². The first-order valence-corrected chi connectivity index (χ1v) is 8.87. The van der Waals surface area contributed by atoms with Gasteiger partial charge in [-0.15, -0.1) is 5.10 Å². The smallest absolute Gasteiger partial charge is 0.257 e. The Bertz CT molecular complexity index is 908. The summed E-state index contributed by atoms with van der Waals surface area (Å²) in [6.07, 6.45) is 3.73. The molecule has 0 unspecified atom stereocenters. The largest absolute Gasteiger partial charge is 0.292 e. The summed E-state index contributed by atoms with van der Waals surface area (Å²) in [5.41, 5.74) is 1.49. The van der Waals surface area contributed by atoms with Crippen LogP contribution in [-0.2, 0) is 4.79 Å². The van der Waals surface area contributed by atoms with Crippen molar-refractivity contribution in [2.24, 2.45) is 0 Å². The molecule has 2 aromatic carbocycles. The van der Waals surface area contributed by atoms with Crippen molar-refractivity contribution in [3.05, 3.63) is 77.6 Å². The van der Waals surface area contributed by atoms with Crippen molar-refractivity contribution in [2.75, 3.05) is 5.75 Å². The van der Waals surface area contributed by atoms with Crippen LogP contribution in [0.4, 0.5) is 0 Å². The van der Waals surface area contributed by atoms with E-state index in [0.717, 1.165) is 17.3 Å². The zero-order chi connectivity index (χ0) is 18.2. The summed E-state index contributed by atoms with van der Waals surface area (Å²) in [5, 5.41) is 9.63. The second-order valence-corrected chi connectivity index (χ2v) is 6.22. The van der Waals surface area contributed by atoms with E-state index in [0.29, 0.717) is 16.5 Å². The topological polar surface area (TPSA) is 87.7 Å². The molecule has 0 saturated heterocycles. The van der Waals surface area contributed by atoms with Gasteiger partial charge >= 0.3 is 0 Å². The van der Waals surface area contributed by atoms with E-state index in [-0.39, 0.29) is 5.75 Å². The minimum absolute atomic E-state index is 0.0538. The third-order valence-corrected chi connectivity index (χ3v) is 4.18. The van der Waals surface area contributed by atoms with Crippen LogP contribution in [0.5, 0.6) is 0 Å². The first-order valence-electron chi connectivity index (χ1n) is 7.88. The summed E-state index contributed by atoms with van der Waals surface area (Å²) in [4.78, 5) is 28.1. The lowest BCUT2D eigenvalue weighted by molar-refractivity contribution is -0.117. The van der Waals surface area contributed by atoms with E-state index >= 15 is 0 Å². The van der Waals surface area contributed by atoms with Crippen LogP contribution in [0, 0.1) is 0 Å². The molecule has 0 aliphatic heterocycles. The number of hydrogen-bond donors (Lipinski definition) is 2. The van der Waals surface area contributed by atoms with Gasteiger partial charge in [-0.25, -0.2) is 4.98 Å². The Morgan fingerprint density at radius 2 is 1.69 bits per heavy atom. The zero-order valence-corrected chi connectivity index (χ0v) is 14.6. The summed E-state index contributed by atoms with van der Waals surface area (Å²) < 4.78 is 0. The SMILES string of the molecule is O=C(CSc1n[nH]c(/C=C/c2ccccc2)n1)NC(=O)c1ccccc1. The van der Waals surface area contributed by atoms with E-state index in [1.807, 2.05) is 48.6 Å². The fourth-order valence-corrected chi connectivity index (χ4v) is 2.70. The third kappa shape index (κ3) is 5.15. The molecule has 0 bridgehead atoms. The highest BCUT2D eigenvalue weighted by molar-refractivity contribution is 7.99. The van der Waals surface area contributed by atoms with Crippen LogP contribution < -0.4 is 5.32 Å². The molecule has 26 heavy (non-hydrogen) atoms. The monoisotopic (exact) mass is 364 g/mol. The van der Waals surface area contributed by atoms with E-state index in [9.17, 15) is 9.59 Å². The average Bonchev–Trinajstić information content (AvgIpc) is 3.14. The maximum Gasteiger partial charge on any atom is 0.257 e. The fourth-order valence-electron chi connectivity index (χ4n) is 2.09. The van der Waals surface area contributed by atoms with Crippen LogP contribution in [0.1, 0.15) is 21.7 Å². The van der Waals surface area contributed by atoms with E-state index in [1.165, 1.54) is 0 Å². The first kappa shape index (κ1) is 17.6. The fraction of sp³-hybridized carbons (Fsp3) is 0.0526. The molecule has 3 rings (SSSR count). The van der Waals surface area contributed by atoms with Gasteiger partial charge in [0.15, 0.2) is 0 Å². The zero-order valence-electron chi connectivity index (χ0n) is 13.8. The molecule has 130 valence electrons. The molecule has 7 heteroatoms. The van der Waals surface area contributed by atoms with Gasteiger partial charge in [0.05, 0.1) is 5.75 Å². The number of thioether (sulfide) groups is 1. The van der Waals surface area contributed by atoms with Crippen molar-refractivity contribution >= 4 is 35.7 Å². The van der Waals surface area contributed by atoms with Gasteiger partial charge in [0.1, 0.15) is 5.82 Å². The molecule has 0 aliphatic rings. The summed E-state index contributed by atoms with van der Waals surface area (Å²) >= 11 is 1.16. The second-order valence-electron chi connectivity index (χ2n) is 5.28. The molecule has 6 nitrogen and oxygen atoms in total. The molecule has 2 amide bonds. The van der Waals surface area contributed by atoms with Gasteiger partial charge in [0, 0.05) is 5.56 Å². The van der Waals surface area contributed by atoms with Gasteiger partial charge in [-0.3, -0.25) is 20.0 Å². The molecule has 0 fully saturated rings. The Morgan fingerprint density at radius 1 is 1.00 bits per heavy atom. The normalized spacial score (nSPS) is 10.8.